The summed E-state index contributed by atoms with van der Waals surface area (Å²) in [6.07, 6.45) is 3.09. The maximum atomic E-state index is 13.1. The Morgan fingerprint density at radius 2 is 1.64 bits per heavy atom. The van der Waals surface area contributed by atoms with Gasteiger partial charge in [0, 0.05) is 19.1 Å². The third-order valence-corrected chi connectivity index (χ3v) is 6.51. The maximum Gasteiger partial charge on any atom is 0.244 e. The molecule has 2 aromatic rings. The lowest BCUT2D eigenvalue weighted by Gasteiger charge is -2.38. The van der Waals surface area contributed by atoms with E-state index in [1.54, 1.807) is 0 Å². The van der Waals surface area contributed by atoms with Gasteiger partial charge >= 0.3 is 0 Å². The van der Waals surface area contributed by atoms with Gasteiger partial charge in [-0.3, -0.25) is 14.6 Å². The Bertz CT molecular complexity index is 805. The van der Waals surface area contributed by atoms with Gasteiger partial charge in [0.1, 0.15) is 0 Å². The van der Waals surface area contributed by atoms with Crippen LogP contribution >= 0.6 is 11.6 Å². The molecule has 4 nitrogen and oxygen atoms in total. The molecule has 2 aliphatic rings. The normalized spacial score (nSPS) is 21.6. The molecule has 0 aromatic heterocycles. The predicted octanol–water partition coefficient (Wildman–Crippen LogP) is 4.04. The Hall–Kier alpha value is -1.88. The van der Waals surface area contributed by atoms with Crippen LogP contribution < -0.4 is 4.90 Å². The number of rotatable bonds is 5. The number of hydrogen-bond acceptors (Lipinski definition) is 3. The van der Waals surface area contributed by atoms with E-state index in [0.29, 0.717) is 11.1 Å². The molecule has 2 saturated heterocycles. The molecule has 2 aromatic carbocycles. The van der Waals surface area contributed by atoms with E-state index >= 15 is 0 Å². The van der Waals surface area contributed by atoms with Crippen molar-refractivity contribution in [2.75, 3.05) is 31.6 Å². The molecule has 5 heteroatoms. The first-order chi connectivity index (χ1) is 13.6. The maximum absolute atomic E-state index is 13.1. The third-order valence-electron chi connectivity index (χ3n) is 6.19. The van der Waals surface area contributed by atoms with Crippen molar-refractivity contribution in [3.63, 3.8) is 0 Å². The minimum Gasteiger partial charge on any atom is -0.310 e. The minimum atomic E-state index is -0.0399. The van der Waals surface area contributed by atoms with Crippen LogP contribution in [0.15, 0.2) is 54.6 Å². The van der Waals surface area contributed by atoms with Crippen molar-refractivity contribution in [1.29, 1.82) is 0 Å². The SMILES string of the molecule is CN(C1CCN(Cc2ccccc2)CC1)[C@@H]1CCN(c2ccccc2Cl)C1=O. The summed E-state index contributed by atoms with van der Waals surface area (Å²) in [5.41, 5.74) is 2.21. The highest BCUT2D eigenvalue weighted by atomic mass is 35.5. The van der Waals surface area contributed by atoms with Gasteiger partial charge in [-0.2, -0.15) is 0 Å². The van der Waals surface area contributed by atoms with Gasteiger partial charge in [-0.25, -0.2) is 0 Å². The molecule has 148 valence electrons. The Morgan fingerprint density at radius 1 is 0.964 bits per heavy atom. The lowest BCUT2D eigenvalue weighted by Crippen LogP contribution is -2.49. The van der Waals surface area contributed by atoms with Gasteiger partial charge in [0.15, 0.2) is 0 Å². The van der Waals surface area contributed by atoms with Crippen LogP contribution in [0.1, 0.15) is 24.8 Å². The van der Waals surface area contributed by atoms with Crippen molar-refractivity contribution in [2.45, 2.75) is 37.9 Å². The molecule has 0 N–H and O–H groups in total. The van der Waals surface area contributed by atoms with Crippen LogP contribution in [0.2, 0.25) is 5.02 Å². The van der Waals surface area contributed by atoms with Crippen molar-refractivity contribution in [1.82, 2.24) is 9.80 Å². The number of likely N-dealkylation sites (tertiary alicyclic amines) is 1. The topological polar surface area (TPSA) is 26.8 Å². The molecule has 0 unspecified atom stereocenters. The van der Waals surface area contributed by atoms with Gasteiger partial charge in [-0.1, -0.05) is 54.1 Å². The van der Waals surface area contributed by atoms with Gasteiger partial charge < -0.3 is 4.90 Å². The molecule has 0 saturated carbocycles. The van der Waals surface area contributed by atoms with Crippen LogP contribution in [-0.4, -0.2) is 54.5 Å². The zero-order chi connectivity index (χ0) is 19.5. The molecule has 28 heavy (non-hydrogen) atoms. The summed E-state index contributed by atoms with van der Waals surface area (Å²) in [5, 5.41) is 0.647. The second-order valence-corrected chi connectivity index (χ2v) is 8.31. The Balaban J connectivity index is 1.34. The number of para-hydroxylation sites is 1. The summed E-state index contributed by atoms with van der Waals surface area (Å²) < 4.78 is 0. The highest BCUT2D eigenvalue weighted by molar-refractivity contribution is 6.33. The van der Waals surface area contributed by atoms with Crippen molar-refractivity contribution < 1.29 is 4.79 Å². The van der Waals surface area contributed by atoms with Crippen LogP contribution in [0, 0.1) is 0 Å². The number of hydrogen-bond donors (Lipinski definition) is 0. The van der Waals surface area contributed by atoms with E-state index < -0.39 is 0 Å². The first-order valence-corrected chi connectivity index (χ1v) is 10.6. The molecule has 2 heterocycles. The van der Waals surface area contributed by atoms with Gasteiger partial charge in [0.25, 0.3) is 0 Å². The summed E-state index contributed by atoms with van der Waals surface area (Å²) in [6, 6.07) is 18.7. The van der Waals surface area contributed by atoms with E-state index in [1.807, 2.05) is 29.2 Å². The van der Waals surface area contributed by atoms with E-state index in [4.69, 9.17) is 11.6 Å². The van der Waals surface area contributed by atoms with Crippen molar-refractivity contribution in [2.24, 2.45) is 0 Å². The first kappa shape index (κ1) is 19.4. The van der Waals surface area contributed by atoms with E-state index in [-0.39, 0.29) is 11.9 Å². The molecule has 1 amide bonds. The lowest BCUT2D eigenvalue weighted by atomic mass is 10.0. The molecule has 4 rings (SSSR count). The number of anilines is 1. The minimum absolute atomic E-state index is 0.0399. The number of benzene rings is 2. The quantitative estimate of drug-likeness (QED) is 0.761. The summed E-state index contributed by atoms with van der Waals surface area (Å²) in [4.78, 5) is 19.8. The Morgan fingerprint density at radius 3 is 2.36 bits per heavy atom. The van der Waals surface area contributed by atoms with E-state index in [2.05, 4.69) is 47.2 Å². The standard InChI is InChI=1S/C23H28ClN3O/c1-25(19-11-14-26(15-12-19)17-18-7-3-2-4-8-18)22-13-16-27(23(22)28)21-10-6-5-9-20(21)24/h2-10,19,22H,11-17H2,1H3/t22-/m1/s1. The molecule has 0 spiro atoms. The van der Waals surface area contributed by atoms with E-state index in [1.165, 1.54) is 5.56 Å². The molecular weight excluding hydrogens is 370 g/mol. The number of nitrogens with zero attached hydrogens (tertiary/aromatic N) is 3. The lowest BCUT2D eigenvalue weighted by molar-refractivity contribution is -0.122. The summed E-state index contributed by atoms with van der Waals surface area (Å²) in [6.45, 7) is 3.92. The number of halogens is 1. The summed E-state index contributed by atoms with van der Waals surface area (Å²) in [7, 11) is 2.12. The van der Waals surface area contributed by atoms with Gasteiger partial charge in [0.05, 0.1) is 16.8 Å². The van der Waals surface area contributed by atoms with Crippen LogP contribution in [0.25, 0.3) is 0 Å². The van der Waals surface area contributed by atoms with E-state index in [0.717, 1.165) is 51.1 Å². The van der Waals surface area contributed by atoms with Crippen molar-refractivity contribution in [3.8, 4) is 0 Å². The van der Waals surface area contributed by atoms with E-state index in [9.17, 15) is 4.79 Å². The fraction of sp³-hybridized carbons (Fsp3) is 0.435. The van der Waals surface area contributed by atoms with Gasteiger partial charge in [-0.15, -0.1) is 0 Å². The fourth-order valence-electron chi connectivity index (χ4n) is 4.53. The smallest absolute Gasteiger partial charge is 0.244 e. The summed E-state index contributed by atoms with van der Waals surface area (Å²) in [5.74, 6) is 0.183. The Kier molecular flexibility index (Phi) is 6.00. The number of likely N-dealkylation sites (N-methyl/N-ethyl adjacent to an activating group) is 1. The Labute approximate surface area is 172 Å². The molecule has 0 radical (unpaired) electrons. The molecular formula is C23H28ClN3O. The molecule has 1 atom stereocenters. The average Bonchev–Trinajstić information content (AvgIpc) is 3.10. The predicted molar refractivity (Wildman–Crippen MR) is 115 cm³/mol. The fourth-order valence-corrected chi connectivity index (χ4v) is 4.77. The third kappa shape index (κ3) is 4.09. The van der Waals surface area contributed by atoms with Crippen LogP contribution in [0.3, 0.4) is 0 Å². The van der Waals surface area contributed by atoms with Crippen molar-refractivity contribution in [3.05, 3.63) is 65.2 Å². The van der Waals surface area contributed by atoms with Gasteiger partial charge in [0.2, 0.25) is 5.91 Å². The number of amides is 1. The highest BCUT2D eigenvalue weighted by Crippen LogP contribution is 2.31. The van der Waals surface area contributed by atoms with Crippen molar-refractivity contribution >= 4 is 23.2 Å². The molecule has 2 fully saturated rings. The number of piperidine rings is 1. The zero-order valence-corrected chi connectivity index (χ0v) is 17.2. The van der Waals surface area contributed by atoms with Crippen LogP contribution in [-0.2, 0) is 11.3 Å². The second kappa shape index (κ2) is 8.64. The molecule has 0 aliphatic carbocycles. The van der Waals surface area contributed by atoms with Gasteiger partial charge in [-0.05, 0) is 57.1 Å². The first-order valence-electron chi connectivity index (χ1n) is 10.2. The molecule has 2 aliphatic heterocycles. The zero-order valence-electron chi connectivity index (χ0n) is 16.4. The summed E-state index contributed by atoms with van der Waals surface area (Å²) >= 11 is 6.32. The largest absolute Gasteiger partial charge is 0.310 e. The highest BCUT2D eigenvalue weighted by Gasteiger charge is 2.38. The average molecular weight is 398 g/mol. The van der Waals surface area contributed by atoms with Crippen LogP contribution in [0.4, 0.5) is 5.69 Å². The monoisotopic (exact) mass is 397 g/mol. The number of carbonyl (C=O) groups is 1. The molecule has 0 bridgehead atoms. The second-order valence-electron chi connectivity index (χ2n) is 7.90. The van der Waals surface area contributed by atoms with Crippen LogP contribution in [0.5, 0.6) is 0 Å². The number of carbonyl (C=O) groups excluding carboxylic acids is 1.